The molecule has 2 N–H and O–H groups in total. The molecule has 1 amide bonds. The molecule has 0 aliphatic heterocycles. The number of para-hydroxylation sites is 1. The Balaban J connectivity index is 1.73. The molecule has 0 aromatic heterocycles. The first kappa shape index (κ1) is 15.5. The van der Waals surface area contributed by atoms with Gasteiger partial charge in [-0.2, -0.15) is 0 Å². The summed E-state index contributed by atoms with van der Waals surface area (Å²) in [5.74, 6) is 0.0101. The van der Waals surface area contributed by atoms with Gasteiger partial charge in [-0.15, -0.1) is 0 Å². The summed E-state index contributed by atoms with van der Waals surface area (Å²) in [4.78, 5) is 11.9. The zero-order chi connectivity index (χ0) is 15.1. The van der Waals surface area contributed by atoms with E-state index in [-0.39, 0.29) is 5.91 Å². The van der Waals surface area contributed by atoms with Gasteiger partial charge in [0.1, 0.15) is 0 Å². The highest BCUT2D eigenvalue weighted by atomic mass is 35.5. The van der Waals surface area contributed by atoms with Gasteiger partial charge in [0.2, 0.25) is 5.91 Å². The van der Waals surface area contributed by atoms with Crippen molar-refractivity contribution in [3.05, 3.63) is 64.7 Å². The van der Waals surface area contributed by atoms with Crippen LogP contribution in [0.1, 0.15) is 17.5 Å². The minimum atomic E-state index is 0.0101. The number of benzene rings is 2. The van der Waals surface area contributed by atoms with Gasteiger partial charge in [-0.25, -0.2) is 0 Å². The molecule has 0 aliphatic rings. The molecule has 21 heavy (non-hydrogen) atoms. The Morgan fingerprint density at radius 3 is 2.57 bits per heavy atom. The highest BCUT2D eigenvalue weighted by molar-refractivity contribution is 6.31. The number of hydrogen-bond donors (Lipinski definition) is 2. The van der Waals surface area contributed by atoms with Crippen LogP contribution in [-0.4, -0.2) is 12.5 Å². The average molecular weight is 303 g/mol. The molecular formula is C17H19ClN2O. The minimum Gasteiger partial charge on any atom is -0.326 e. The predicted octanol–water partition coefficient (Wildman–Crippen LogP) is 3.77. The lowest BCUT2D eigenvalue weighted by Crippen LogP contribution is -2.21. The summed E-state index contributed by atoms with van der Waals surface area (Å²) >= 11 is 6.07. The monoisotopic (exact) mass is 302 g/mol. The lowest BCUT2D eigenvalue weighted by molar-refractivity contribution is -0.116. The van der Waals surface area contributed by atoms with Gasteiger partial charge in [0, 0.05) is 30.2 Å². The molecule has 0 atom stereocenters. The second kappa shape index (κ2) is 7.81. The van der Waals surface area contributed by atoms with Crippen molar-refractivity contribution in [2.75, 3.05) is 11.9 Å². The van der Waals surface area contributed by atoms with Gasteiger partial charge in [0.05, 0.1) is 0 Å². The van der Waals surface area contributed by atoms with Gasteiger partial charge in [-0.05, 0) is 30.2 Å². The smallest absolute Gasteiger partial charge is 0.225 e. The Morgan fingerprint density at radius 2 is 1.81 bits per heavy atom. The largest absolute Gasteiger partial charge is 0.326 e. The van der Waals surface area contributed by atoms with Crippen molar-refractivity contribution in [3.63, 3.8) is 0 Å². The maximum absolute atomic E-state index is 11.9. The van der Waals surface area contributed by atoms with Crippen LogP contribution < -0.4 is 10.6 Å². The van der Waals surface area contributed by atoms with E-state index in [1.165, 1.54) is 0 Å². The molecular weight excluding hydrogens is 284 g/mol. The summed E-state index contributed by atoms with van der Waals surface area (Å²) in [5, 5.41) is 6.89. The van der Waals surface area contributed by atoms with Crippen LogP contribution in [0.3, 0.4) is 0 Å². The van der Waals surface area contributed by atoms with E-state index in [0.717, 1.165) is 21.8 Å². The van der Waals surface area contributed by atoms with E-state index < -0.39 is 0 Å². The second-order valence-electron chi connectivity index (χ2n) is 4.88. The topological polar surface area (TPSA) is 41.1 Å². The maximum atomic E-state index is 11.9. The lowest BCUT2D eigenvalue weighted by atomic mass is 10.2. The van der Waals surface area contributed by atoms with Crippen molar-refractivity contribution in [3.8, 4) is 0 Å². The molecule has 0 bridgehead atoms. The number of hydrogen-bond acceptors (Lipinski definition) is 2. The molecule has 2 rings (SSSR count). The van der Waals surface area contributed by atoms with Crippen molar-refractivity contribution in [1.82, 2.24) is 5.32 Å². The lowest BCUT2D eigenvalue weighted by Gasteiger charge is -2.09. The molecule has 4 heteroatoms. The van der Waals surface area contributed by atoms with Crippen LogP contribution in [0, 0.1) is 6.92 Å². The Bertz CT molecular complexity index is 613. The minimum absolute atomic E-state index is 0.0101. The molecule has 0 fully saturated rings. The van der Waals surface area contributed by atoms with Crippen LogP contribution in [-0.2, 0) is 11.3 Å². The van der Waals surface area contributed by atoms with Crippen LogP contribution in [0.5, 0.6) is 0 Å². The van der Waals surface area contributed by atoms with Gasteiger partial charge >= 0.3 is 0 Å². The average Bonchev–Trinajstić information content (AvgIpc) is 2.48. The fourth-order valence-corrected chi connectivity index (χ4v) is 2.20. The highest BCUT2D eigenvalue weighted by Crippen LogP contribution is 2.14. The standard InChI is InChI=1S/C17H19ClN2O/c1-13-6-2-5-9-16(13)20-17(21)10-11-19-12-14-7-3-4-8-15(14)18/h2-9,19H,10-12H2,1H3,(H,20,21). The zero-order valence-electron chi connectivity index (χ0n) is 12.0. The molecule has 2 aromatic carbocycles. The molecule has 3 nitrogen and oxygen atoms in total. The Morgan fingerprint density at radius 1 is 1.10 bits per heavy atom. The first-order chi connectivity index (χ1) is 10.2. The summed E-state index contributed by atoms with van der Waals surface area (Å²) in [6.45, 7) is 3.26. The summed E-state index contributed by atoms with van der Waals surface area (Å²) in [6.07, 6.45) is 0.429. The van der Waals surface area contributed by atoms with E-state index >= 15 is 0 Å². The number of halogens is 1. The normalized spacial score (nSPS) is 10.4. The zero-order valence-corrected chi connectivity index (χ0v) is 12.8. The van der Waals surface area contributed by atoms with Gasteiger partial charge in [-0.1, -0.05) is 48.0 Å². The summed E-state index contributed by atoms with van der Waals surface area (Å²) in [7, 11) is 0. The second-order valence-corrected chi connectivity index (χ2v) is 5.29. The number of aryl methyl sites for hydroxylation is 1. The van der Waals surface area contributed by atoms with Gasteiger partial charge in [0.15, 0.2) is 0 Å². The third-order valence-electron chi connectivity index (χ3n) is 3.22. The molecule has 2 aromatic rings. The van der Waals surface area contributed by atoms with Crippen LogP contribution in [0.25, 0.3) is 0 Å². The van der Waals surface area contributed by atoms with Crippen molar-refractivity contribution in [2.24, 2.45) is 0 Å². The Hall–Kier alpha value is -1.84. The van der Waals surface area contributed by atoms with Crippen LogP contribution >= 0.6 is 11.6 Å². The summed E-state index contributed by atoms with van der Waals surface area (Å²) in [5.41, 5.74) is 2.97. The van der Waals surface area contributed by atoms with Crippen molar-refractivity contribution < 1.29 is 4.79 Å². The number of amides is 1. The van der Waals surface area contributed by atoms with Crippen molar-refractivity contribution >= 4 is 23.2 Å². The molecule has 110 valence electrons. The van der Waals surface area contributed by atoms with Gasteiger partial charge in [0.25, 0.3) is 0 Å². The number of rotatable bonds is 6. The number of carbonyl (C=O) groups is 1. The molecule has 0 spiro atoms. The highest BCUT2D eigenvalue weighted by Gasteiger charge is 2.04. The molecule has 0 saturated heterocycles. The summed E-state index contributed by atoms with van der Waals surface area (Å²) < 4.78 is 0. The number of carbonyl (C=O) groups excluding carboxylic acids is 1. The fraction of sp³-hybridized carbons (Fsp3) is 0.235. The van der Waals surface area contributed by atoms with E-state index in [0.29, 0.717) is 19.5 Å². The maximum Gasteiger partial charge on any atom is 0.225 e. The molecule has 0 saturated carbocycles. The van der Waals surface area contributed by atoms with Crippen molar-refractivity contribution in [1.29, 1.82) is 0 Å². The first-order valence-corrected chi connectivity index (χ1v) is 7.34. The van der Waals surface area contributed by atoms with Crippen LogP contribution in [0.2, 0.25) is 5.02 Å². The summed E-state index contributed by atoms with van der Waals surface area (Å²) in [6, 6.07) is 15.4. The SMILES string of the molecule is Cc1ccccc1NC(=O)CCNCc1ccccc1Cl. The fourth-order valence-electron chi connectivity index (χ4n) is 1.99. The van der Waals surface area contributed by atoms with Crippen molar-refractivity contribution in [2.45, 2.75) is 19.9 Å². The third kappa shape index (κ3) is 4.88. The van der Waals surface area contributed by atoms with Gasteiger partial charge < -0.3 is 10.6 Å². The molecule has 0 unspecified atom stereocenters. The predicted molar refractivity (Wildman–Crippen MR) is 87.6 cm³/mol. The number of anilines is 1. The van der Waals surface area contributed by atoms with E-state index in [2.05, 4.69) is 10.6 Å². The van der Waals surface area contributed by atoms with E-state index in [4.69, 9.17) is 11.6 Å². The Labute approximate surface area is 130 Å². The van der Waals surface area contributed by atoms with E-state index in [1.807, 2.05) is 55.5 Å². The van der Waals surface area contributed by atoms with E-state index in [9.17, 15) is 4.79 Å². The number of nitrogens with one attached hydrogen (secondary N) is 2. The quantitative estimate of drug-likeness (QED) is 0.798. The van der Waals surface area contributed by atoms with Gasteiger partial charge in [-0.3, -0.25) is 4.79 Å². The van der Waals surface area contributed by atoms with Crippen LogP contribution in [0.15, 0.2) is 48.5 Å². The van der Waals surface area contributed by atoms with E-state index in [1.54, 1.807) is 0 Å². The van der Waals surface area contributed by atoms with Crippen LogP contribution in [0.4, 0.5) is 5.69 Å². The molecule has 0 aliphatic carbocycles. The molecule has 0 heterocycles. The molecule has 0 radical (unpaired) electrons. The first-order valence-electron chi connectivity index (χ1n) is 6.96. The third-order valence-corrected chi connectivity index (χ3v) is 3.59. The Kier molecular flexibility index (Phi) is 5.78.